The summed E-state index contributed by atoms with van der Waals surface area (Å²) in [5, 5.41) is 8.86. The minimum Gasteiger partial charge on any atom is -0.508 e. The standard InChI is InChI=1S/C8H8O3.2C2H6/c1-11-8(10)6-2-4-7(9)5-3-6;2*1-2/h2-5,9H,1H3;2*1-2H3. The molecule has 86 valence electrons. The molecule has 0 aliphatic rings. The van der Waals surface area contributed by atoms with Crippen LogP contribution in [0.5, 0.6) is 5.75 Å². The van der Waals surface area contributed by atoms with Crippen molar-refractivity contribution in [3.05, 3.63) is 29.8 Å². The Labute approximate surface area is 91.7 Å². The number of methoxy groups -OCH3 is 1. The zero-order valence-corrected chi connectivity index (χ0v) is 10.1. The molecule has 1 aromatic carbocycles. The number of benzene rings is 1. The molecule has 0 aromatic heterocycles. The predicted molar refractivity (Wildman–Crippen MR) is 62.1 cm³/mol. The number of hydrogen-bond donors (Lipinski definition) is 1. The summed E-state index contributed by atoms with van der Waals surface area (Å²) in [4.78, 5) is 10.8. The highest BCUT2D eigenvalue weighted by Gasteiger charge is 2.02. The molecular formula is C12H20O3. The van der Waals surface area contributed by atoms with Crippen molar-refractivity contribution in [1.82, 2.24) is 0 Å². The van der Waals surface area contributed by atoms with Gasteiger partial charge in [0.15, 0.2) is 0 Å². The molecule has 0 heterocycles. The van der Waals surface area contributed by atoms with E-state index in [2.05, 4.69) is 4.74 Å². The smallest absolute Gasteiger partial charge is 0.337 e. The first-order chi connectivity index (χ1) is 7.24. The predicted octanol–water partition coefficient (Wildman–Crippen LogP) is 3.23. The third-order valence-electron chi connectivity index (χ3n) is 1.29. The van der Waals surface area contributed by atoms with E-state index in [4.69, 9.17) is 5.11 Å². The quantitative estimate of drug-likeness (QED) is 0.727. The molecule has 1 rings (SSSR count). The Morgan fingerprint density at radius 2 is 1.47 bits per heavy atom. The molecule has 0 radical (unpaired) electrons. The molecule has 0 fully saturated rings. The Bertz CT molecular complexity index is 252. The summed E-state index contributed by atoms with van der Waals surface area (Å²) in [6.45, 7) is 8.00. The van der Waals surface area contributed by atoms with Crippen LogP contribution in [0, 0.1) is 0 Å². The van der Waals surface area contributed by atoms with Crippen LogP contribution < -0.4 is 0 Å². The molecule has 0 atom stereocenters. The first-order valence-electron chi connectivity index (χ1n) is 5.11. The van der Waals surface area contributed by atoms with Crippen LogP contribution in [0.1, 0.15) is 38.1 Å². The van der Waals surface area contributed by atoms with Crippen LogP contribution in [-0.4, -0.2) is 18.2 Å². The van der Waals surface area contributed by atoms with Gasteiger partial charge in [0, 0.05) is 0 Å². The second-order valence-electron chi connectivity index (χ2n) is 2.04. The lowest BCUT2D eigenvalue weighted by atomic mass is 10.2. The van der Waals surface area contributed by atoms with Gasteiger partial charge in [-0.2, -0.15) is 0 Å². The summed E-state index contributed by atoms with van der Waals surface area (Å²) >= 11 is 0. The third-order valence-corrected chi connectivity index (χ3v) is 1.29. The fourth-order valence-electron chi connectivity index (χ4n) is 0.715. The lowest BCUT2D eigenvalue weighted by Crippen LogP contribution is -1.99. The van der Waals surface area contributed by atoms with Crippen LogP contribution >= 0.6 is 0 Å². The normalized spacial score (nSPS) is 7.53. The zero-order chi connectivity index (χ0) is 12.3. The lowest BCUT2D eigenvalue weighted by molar-refractivity contribution is 0.0600. The molecule has 0 unspecified atom stereocenters. The SMILES string of the molecule is CC.CC.COC(=O)c1ccc(O)cc1. The Kier molecular flexibility index (Phi) is 11.2. The molecule has 0 amide bonds. The average Bonchev–Trinajstić information content (AvgIpc) is 2.34. The average molecular weight is 212 g/mol. The van der Waals surface area contributed by atoms with Crippen molar-refractivity contribution in [2.45, 2.75) is 27.7 Å². The van der Waals surface area contributed by atoms with Gasteiger partial charge in [0.05, 0.1) is 12.7 Å². The first kappa shape index (κ1) is 15.9. The second-order valence-corrected chi connectivity index (χ2v) is 2.04. The van der Waals surface area contributed by atoms with Crippen molar-refractivity contribution in [2.24, 2.45) is 0 Å². The Balaban J connectivity index is 0. The zero-order valence-electron chi connectivity index (χ0n) is 10.1. The maximum absolute atomic E-state index is 10.8. The number of carbonyl (C=O) groups is 1. The van der Waals surface area contributed by atoms with E-state index in [0.717, 1.165) is 0 Å². The first-order valence-corrected chi connectivity index (χ1v) is 5.11. The molecule has 0 saturated heterocycles. The van der Waals surface area contributed by atoms with Crippen LogP contribution in [0.3, 0.4) is 0 Å². The number of phenolic OH excluding ortho intramolecular Hbond substituents is 1. The van der Waals surface area contributed by atoms with E-state index >= 15 is 0 Å². The van der Waals surface area contributed by atoms with Crippen molar-refractivity contribution < 1.29 is 14.6 Å². The van der Waals surface area contributed by atoms with Crippen LogP contribution in [0.15, 0.2) is 24.3 Å². The minimum absolute atomic E-state index is 0.137. The summed E-state index contributed by atoms with van der Waals surface area (Å²) in [5.41, 5.74) is 0.435. The molecule has 3 heteroatoms. The van der Waals surface area contributed by atoms with E-state index in [9.17, 15) is 4.79 Å². The molecule has 0 aliphatic heterocycles. The number of esters is 1. The monoisotopic (exact) mass is 212 g/mol. The lowest BCUT2D eigenvalue weighted by Gasteiger charge is -1.97. The molecule has 1 N–H and O–H groups in total. The Hall–Kier alpha value is -1.51. The van der Waals surface area contributed by atoms with E-state index in [1.807, 2.05) is 27.7 Å². The van der Waals surface area contributed by atoms with E-state index in [0.29, 0.717) is 5.56 Å². The van der Waals surface area contributed by atoms with Crippen LogP contribution in [0.2, 0.25) is 0 Å². The number of aromatic hydroxyl groups is 1. The highest BCUT2D eigenvalue weighted by molar-refractivity contribution is 5.89. The molecule has 1 aromatic rings. The summed E-state index contributed by atoms with van der Waals surface area (Å²) in [7, 11) is 1.31. The van der Waals surface area contributed by atoms with Crippen LogP contribution in [0.4, 0.5) is 0 Å². The van der Waals surface area contributed by atoms with Crippen molar-refractivity contribution in [3.8, 4) is 5.75 Å². The Morgan fingerprint density at radius 1 is 1.07 bits per heavy atom. The van der Waals surface area contributed by atoms with Crippen LogP contribution in [0.25, 0.3) is 0 Å². The number of carbonyl (C=O) groups excluding carboxylic acids is 1. The van der Waals surface area contributed by atoms with Gasteiger partial charge in [-0.3, -0.25) is 0 Å². The van der Waals surface area contributed by atoms with Crippen molar-refractivity contribution in [3.63, 3.8) is 0 Å². The molecule has 0 saturated carbocycles. The number of rotatable bonds is 1. The van der Waals surface area contributed by atoms with Crippen LogP contribution in [-0.2, 0) is 4.74 Å². The van der Waals surface area contributed by atoms with Crippen molar-refractivity contribution in [1.29, 1.82) is 0 Å². The largest absolute Gasteiger partial charge is 0.508 e. The van der Waals surface area contributed by atoms with E-state index < -0.39 is 5.97 Å². The summed E-state index contributed by atoms with van der Waals surface area (Å²) in [6.07, 6.45) is 0. The maximum atomic E-state index is 10.8. The van der Waals surface area contributed by atoms with Gasteiger partial charge in [-0.15, -0.1) is 0 Å². The number of ether oxygens (including phenoxy) is 1. The molecule has 0 aliphatic carbocycles. The van der Waals surface area contributed by atoms with Gasteiger partial charge in [-0.25, -0.2) is 4.79 Å². The van der Waals surface area contributed by atoms with Gasteiger partial charge in [-0.1, -0.05) is 27.7 Å². The number of hydrogen-bond acceptors (Lipinski definition) is 3. The number of phenols is 1. The van der Waals surface area contributed by atoms with Gasteiger partial charge >= 0.3 is 5.97 Å². The van der Waals surface area contributed by atoms with Gasteiger partial charge in [0.25, 0.3) is 0 Å². The highest BCUT2D eigenvalue weighted by atomic mass is 16.5. The van der Waals surface area contributed by atoms with Gasteiger partial charge in [0.1, 0.15) is 5.75 Å². The van der Waals surface area contributed by atoms with Gasteiger partial charge in [-0.05, 0) is 24.3 Å². The maximum Gasteiger partial charge on any atom is 0.337 e. The second kappa shape index (κ2) is 10.6. The topological polar surface area (TPSA) is 46.5 Å². The van der Waals surface area contributed by atoms with E-state index in [1.165, 1.54) is 31.4 Å². The molecule has 0 bridgehead atoms. The third kappa shape index (κ3) is 6.55. The fraction of sp³-hybridized carbons (Fsp3) is 0.417. The molecule has 15 heavy (non-hydrogen) atoms. The summed E-state index contributed by atoms with van der Waals surface area (Å²) < 4.78 is 4.46. The minimum atomic E-state index is -0.398. The van der Waals surface area contributed by atoms with Gasteiger partial charge in [0.2, 0.25) is 0 Å². The fourth-order valence-corrected chi connectivity index (χ4v) is 0.715. The summed E-state index contributed by atoms with van der Waals surface area (Å²) in [5.74, 6) is -0.261. The van der Waals surface area contributed by atoms with Gasteiger partial charge < -0.3 is 9.84 Å². The Morgan fingerprint density at radius 3 is 1.80 bits per heavy atom. The molecule has 0 spiro atoms. The van der Waals surface area contributed by atoms with Crippen molar-refractivity contribution >= 4 is 5.97 Å². The van der Waals surface area contributed by atoms with Crippen molar-refractivity contribution in [2.75, 3.05) is 7.11 Å². The summed E-state index contributed by atoms with van der Waals surface area (Å²) in [6, 6.07) is 5.88. The van der Waals surface area contributed by atoms with E-state index in [1.54, 1.807) is 0 Å². The molecular weight excluding hydrogens is 192 g/mol. The van der Waals surface area contributed by atoms with E-state index in [-0.39, 0.29) is 5.75 Å². The highest BCUT2D eigenvalue weighted by Crippen LogP contribution is 2.09. The molecule has 3 nitrogen and oxygen atoms in total.